The number of hydrogen-bond donors (Lipinski definition) is 3. The SMILES string of the molecule is O=S(=O)(Nc1ccccc1)c1ccc(NC(=S)NCc2ccco2)cc1. The predicted octanol–water partition coefficient (Wildman–Crippen LogP) is 3.57. The molecular weight excluding hydrogens is 370 g/mol. The summed E-state index contributed by atoms with van der Waals surface area (Å²) in [6, 6.07) is 18.7. The second-order valence-electron chi connectivity index (χ2n) is 5.38. The summed E-state index contributed by atoms with van der Waals surface area (Å²) in [5.74, 6) is 0.766. The summed E-state index contributed by atoms with van der Waals surface area (Å²) in [6.45, 7) is 0.465. The van der Waals surface area contributed by atoms with Gasteiger partial charge in [-0.2, -0.15) is 0 Å². The number of rotatable bonds is 6. The van der Waals surface area contributed by atoms with Crippen LogP contribution >= 0.6 is 12.2 Å². The van der Waals surface area contributed by atoms with Crippen molar-refractivity contribution in [1.82, 2.24) is 5.32 Å². The average Bonchev–Trinajstić information content (AvgIpc) is 3.14. The van der Waals surface area contributed by atoms with Crippen LogP contribution in [0.2, 0.25) is 0 Å². The van der Waals surface area contributed by atoms with Crippen LogP contribution in [0.5, 0.6) is 0 Å². The second-order valence-corrected chi connectivity index (χ2v) is 7.47. The van der Waals surface area contributed by atoms with Crippen LogP contribution in [0.15, 0.2) is 82.3 Å². The highest BCUT2D eigenvalue weighted by Crippen LogP contribution is 2.18. The first kappa shape index (κ1) is 18.0. The molecule has 0 amide bonds. The number of hydrogen-bond acceptors (Lipinski definition) is 4. The van der Waals surface area contributed by atoms with E-state index >= 15 is 0 Å². The molecular formula is C18H17N3O3S2. The highest BCUT2D eigenvalue weighted by atomic mass is 32.2. The molecule has 1 aromatic heterocycles. The standard InChI is InChI=1S/C18H17N3O3S2/c22-26(23,21-15-5-2-1-3-6-15)17-10-8-14(9-11-17)20-18(25)19-13-16-7-4-12-24-16/h1-12,21H,13H2,(H2,19,20,25). The molecule has 6 nitrogen and oxygen atoms in total. The molecule has 2 aromatic carbocycles. The molecule has 0 saturated heterocycles. The third kappa shape index (κ3) is 4.84. The third-order valence-corrected chi connectivity index (χ3v) is 5.10. The number of para-hydroxylation sites is 1. The van der Waals surface area contributed by atoms with Gasteiger partial charge in [0.1, 0.15) is 5.76 Å². The summed E-state index contributed by atoms with van der Waals surface area (Å²) in [4.78, 5) is 0.168. The van der Waals surface area contributed by atoms with Gasteiger partial charge in [0.2, 0.25) is 0 Å². The molecule has 3 N–H and O–H groups in total. The average molecular weight is 387 g/mol. The van der Waals surface area contributed by atoms with Crippen LogP contribution < -0.4 is 15.4 Å². The van der Waals surface area contributed by atoms with Crippen molar-refractivity contribution in [3.8, 4) is 0 Å². The Morgan fingerprint density at radius 1 is 0.923 bits per heavy atom. The molecule has 8 heteroatoms. The Kier molecular flexibility index (Phi) is 5.55. The number of anilines is 2. The van der Waals surface area contributed by atoms with E-state index in [4.69, 9.17) is 16.6 Å². The predicted molar refractivity (Wildman–Crippen MR) is 105 cm³/mol. The highest BCUT2D eigenvalue weighted by Gasteiger charge is 2.13. The van der Waals surface area contributed by atoms with E-state index in [-0.39, 0.29) is 4.90 Å². The smallest absolute Gasteiger partial charge is 0.261 e. The van der Waals surface area contributed by atoms with Crippen molar-refractivity contribution in [3.05, 3.63) is 78.8 Å². The van der Waals surface area contributed by atoms with E-state index in [1.165, 1.54) is 12.1 Å². The van der Waals surface area contributed by atoms with Gasteiger partial charge in [-0.25, -0.2) is 8.42 Å². The molecule has 0 atom stereocenters. The Balaban J connectivity index is 1.59. The Bertz CT molecular complexity index is 955. The van der Waals surface area contributed by atoms with Gasteiger partial charge in [-0.3, -0.25) is 4.72 Å². The molecule has 0 unspecified atom stereocenters. The molecule has 0 aliphatic heterocycles. The molecule has 0 saturated carbocycles. The highest BCUT2D eigenvalue weighted by molar-refractivity contribution is 7.92. The van der Waals surface area contributed by atoms with Crippen molar-refractivity contribution in [2.45, 2.75) is 11.4 Å². The van der Waals surface area contributed by atoms with Crippen LogP contribution in [0.25, 0.3) is 0 Å². The molecule has 0 bridgehead atoms. The minimum Gasteiger partial charge on any atom is -0.467 e. The fourth-order valence-corrected chi connectivity index (χ4v) is 3.44. The first-order chi connectivity index (χ1) is 12.5. The maximum Gasteiger partial charge on any atom is 0.261 e. The molecule has 1 heterocycles. The van der Waals surface area contributed by atoms with E-state index in [9.17, 15) is 8.42 Å². The van der Waals surface area contributed by atoms with Gasteiger partial charge < -0.3 is 15.1 Å². The lowest BCUT2D eigenvalue weighted by Gasteiger charge is -2.11. The van der Waals surface area contributed by atoms with Gasteiger partial charge in [0, 0.05) is 11.4 Å². The van der Waals surface area contributed by atoms with Crippen molar-refractivity contribution in [2.75, 3.05) is 10.0 Å². The van der Waals surface area contributed by atoms with Crippen molar-refractivity contribution >= 4 is 38.7 Å². The largest absolute Gasteiger partial charge is 0.467 e. The van der Waals surface area contributed by atoms with E-state index in [2.05, 4.69) is 15.4 Å². The van der Waals surface area contributed by atoms with Crippen LogP contribution in [0, 0.1) is 0 Å². The van der Waals surface area contributed by atoms with E-state index in [1.807, 2.05) is 12.1 Å². The van der Waals surface area contributed by atoms with E-state index < -0.39 is 10.0 Å². The summed E-state index contributed by atoms with van der Waals surface area (Å²) < 4.78 is 32.5. The number of furan rings is 1. The number of thiocarbonyl (C=S) groups is 1. The fraction of sp³-hybridized carbons (Fsp3) is 0.0556. The van der Waals surface area contributed by atoms with Gasteiger partial charge in [-0.05, 0) is 60.7 Å². The summed E-state index contributed by atoms with van der Waals surface area (Å²) in [7, 11) is -3.64. The number of nitrogens with one attached hydrogen (secondary N) is 3. The van der Waals surface area contributed by atoms with Crippen LogP contribution in [-0.4, -0.2) is 13.5 Å². The van der Waals surface area contributed by atoms with Crippen LogP contribution in [0.4, 0.5) is 11.4 Å². The Hall–Kier alpha value is -2.84. The van der Waals surface area contributed by atoms with Gasteiger partial charge >= 0.3 is 0 Å². The topological polar surface area (TPSA) is 83.4 Å². The molecule has 3 aromatic rings. The summed E-state index contributed by atoms with van der Waals surface area (Å²) in [5, 5.41) is 6.42. The first-order valence-electron chi connectivity index (χ1n) is 7.78. The Morgan fingerprint density at radius 3 is 2.31 bits per heavy atom. The molecule has 26 heavy (non-hydrogen) atoms. The minimum absolute atomic E-state index is 0.168. The van der Waals surface area contributed by atoms with Crippen LogP contribution in [0.1, 0.15) is 5.76 Å². The van der Waals surface area contributed by atoms with E-state index in [0.29, 0.717) is 23.0 Å². The summed E-state index contributed by atoms with van der Waals surface area (Å²) >= 11 is 5.21. The van der Waals surface area contributed by atoms with Crippen LogP contribution in [0.3, 0.4) is 0 Å². The molecule has 0 aliphatic rings. The molecule has 0 spiro atoms. The third-order valence-electron chi connectivity index (χ3n) is 3.45. The zero-order valence-electron chi connectivity index (χ0n) is 13.7. The molecule has 0 fully saturated rings. The normalized spacial score (nSPS) is 10.9. The minimum atomic E-state index is -3.64. The lowest BCUT2D eigenvalue weighted by atomic mass is 10.3. The van der Waals surface area contributed by atoms with Gasteiger partial charge in [0.15, 0.2) is 5.11 Å². The van der Waals surface area contributed by atoms with Crippen molar-refractivity contribution < 1.29 is 12.8 Å². The first-order valence-corrected chi connectivity index (χ1v) is 9.67. The number of benzene rings is 2. The molecule has 134 valence electrons. The molecule has 3 rings (SSSR count). The maximum atomic E-state index is 12.4. The monoisotopic (exact) mass is 387 g/mol. The summed E-state index contributed by atoms with van der Waals surface area (Å²) in [6.07, 6.45) is 1.59. The zero-order chi connectivity index (χ0) is 18.4. The van der Waals surface area contributed by atoms with Crippen molar-refractivity contribution in [1.29, 1.82) is 0 Å². The van der Waals surface area contributed by atoms with Gasteiger partial charge in [-0.1, -0.05) is 18.2 Å². The summed E-state index contributed by atoms with van der Waals surface area (Å²) in [5.41, 5.74) is 1.19. The Labute approximate surface area is 157 Å². The molecule has 0 aliphatic carbocycles. The lowest BCUT2D eigenvalue weighted by molar-refractivity contribution is 0.503. The maximum absolute atomic E-state index is 12.4. The van der Waals surface area contributed by atoms with Crippen LogP contribution in [-0.2, 0) is 16.6 Å². The number of sulfonamides is 1. The second kappa shape index (κ2) is 8.03. The van der Waals surface area contributed by atoms with E-state index in [1.54, 1.807) is 48.7 Å². The quantitative estimate of drug-likeness (QED) is 0.561. The van der Waals surface area contributed by atoms with Crippen molar-refractivity contribution in [2.24, 2.45) is 0 Å². The van der Waals surface area contributed by atoms with E-state index in [0.717, 1.165) is 5.76 Å². The fourth-order valence-electron chi connectivity index (χ4n) is 2.19. The van der Waals surface area contributed by atoms with Crippen molar-refractivity contribution in [3.63, 3.8) is 0 Å². The molecule has 0 radical (unpaired) electrons. The lowest BCUT2D eigenvalue weighted by Crippen LogP contribution is -2.27. The Morgan fingerprint density at radius 2 is 1.65 bits per heavy atom. The zero-order valence-corrected chi connectivity index (χ0v) is 15.3. The van der Waals surface area contributed by atoms with Gasteiger partial charge in [0.05, 0.1) is 17.7 Å². The van der Waals surface area contributed by atoms with Gasteiger partial charge in [0.25, 0.3) is 10.0 Å². The van der Waals surface area contributed by atoms with Gasteiger partial charge in [-0.15, -0.1) is 0 Å².